The summed E-state index contributed by atoms with van der Waals surface area (Å²) in [6.07, 6.45) is 8.23. The summed E-state index contributed by atoms with van der Waals surface area (Å²) in [5, 5.41) is 9.18. The highest BCUT2D eigenvalue weighted by Crippen LogP contribution is 2.37. The maximum atomic E-state index is 11.1. The van der Waals surface area contributed by atoms with E-state index in [9.17, 15) is 9.90 Å². The van der Waals surface area contributed by atoms with Crippen molar-refractivity contribution in [1.29, 1.82) is 0 Å². The number of aliphatic carboxylic acids is 1. The SMILES string of the molecule is CCC(CC)N(C)C1(CC(=O)O)CCCCC1. The van der Waals surface area contributed by atoms with Crippen LogP contribution in [-0.4, -0.2) is 34.6 Å². The van der Waals surface area contributed by atoms with Crippen LogP contribution in [-0.2, 0) is 4.79 Å². The highest BCUT2D eigenvalue weighted by molar-refractivity contribution is 5.68. The van der Waals surface area contributed by atoms with Crippen molar-refractivity contribution in [3.05, 3.63) is 0 Å². The Morgan fingerprint density at radius 1 is 1.24 bits per heavy atom. The van der Waals surface area contributed by atoms with Crippen LogP contribution in [0, 0.1) is 0 Å². The van der Waals surface area contributed by atoms with Crippen LogP contribution in [0.3, 0.4) is 0 Å². The van der Waals surface area contributed by atoms with Gasteiger partial charge in [0.05, 0.1) is 6.42 Å². The third-order valence-electron chi connectivity index (χ3n) is 4.50. The lowest BCUT2D eigenvalue weighted by molar-refractivity contribution is -0.141. The average Bonchev–Trinajstić information content (AvgIpc) is 2.30. The van der Waals surface area contributed by atoms with Gasteiger partial charge in [-0.15, -0.1) is 0 Å². The summed E-state index contributed by atoms with van der Waals surface area (Å²) < 4.78 is 0. The van der Waals surface area contributed by atoms with Crippen LogP contribution in [0.5, 0.6) is 0 Å². The second kappa shape index (κ2) is 6.39. The molecule has 0 amide bonds. The van der Waals surface area contributed by atoms with Gasteiger partial charge in [0.25, 0.3) is 0 Å². The molecule has 0 aromatic heterocycles. The minimum absolute atomic E-state index is 0.0826. The fraction of sp³-hybridized carbons (Fsp3) is 0.929. The van der Waals surface area contributed by atoms with Crippen LogP contribution in [0.25, 0.3) is 0 Å². The summed E-state index contributed by atoms with van der Waals surface area (Å²) in [5.41, 5.74) is -0.0826. The molecule has 1 aliphatic rings. The quantitative estimate of drug-likeness (QED) is 0.775. The molecule has 3 nitrogen and oxygen atoms in total. The Bertz CT molecular complexity index is 243. The normalized spacial score (nSPS) is 19.8. The van der Waals surface area contributed by atoms with Gasteiger partial charge in [0.1, 0.15) is 0 Å². The van der Waals surface area contributed by atoms with Crippen LogP contribution < -0.4 is 0 Å². The Labute approximate surface area is 105 Å². The van der Waals surface area contributed by atoms with Gasteiger partial charge in [0.2, 0.25) is 0 Å². The first-order valence-electron chi connectivity index (χ1n) is 7.00. The van der Waals surface area contributed by atoms with Crippen LogP contribution in [0.2, 0.25) is 0 Å². The summed E-state index contributed by atoms with van der Waals surface area (Å²) in [5.74, 6) is -0.648. The van der Waals surface area contributed by atoms with Gasteiger partial charge in [-0.05, 0) is 32.7 Å². The molecule has 0 heterocycles. The van der Waals surface area contributed by atoms with Gasteiger partial charge >= 0.3 is 5.97 Å². The topological polar surface area (TPSA) is 40.5 Å². The van der Waals surface area contributed by atoms with Gasteiger partial charge in [0.15, 0.2) is 0 Å². The zero-order valence-corrected chi connectivity index (χ0v) is 11.5. The van der Waals surface area contributed by atoms with Crippen molar-refractivity contribution in [2.24, 2.45) is 0 Å². The molecule has 0 spiro atoms. The highest BCUT2D eigenvalue weighted by atomic mass is 16.4. The van der Waals surface area contributed by atoms with Crippen molar-refractivity contribution >= 4 is 5.97 Å². The van der Waals surface area contributed by atoms with E-state index in [1.54, 1.807) is 0 Å². The first-order chi connectivity index (χ1) is 8.05. The van der Waals surface area contributed by atoms with Crippen molar-refractivity contribution in [3.8, 4) is 0 Å². The zero-order chi connectivity index (χ0) is 12.9. The maximum absolute atomic E-state index is 11.1. The van der Waals surface area contributed by atoms with Gasteiger partial charge in [-0.3, -0.25) is 9.69 Å². The summed E-state index contributed by atoms with van der Waals surface area (Å²) >= 11 is 0. The number of hydrogen-bond donors (Lipinski definition) is 1. The van der Waals surface area contributed by atoms with E-state index in [0.29, 0.717) is 12.5 Å². The third kappa shape index (κ3) is 3.44. The average molecular weight is 241 g/mol. The standard InChI is InChI=1S/C14H27NO2/c1-4-12(5-2)15(3)14(11-13(16)17)9-7-6-8-10-14/h12H,4-11H2,1-3H3,(H,16,17). The predicted molar refractivity (Wildman–Crippen MR) is 70.2 cm³/mol. The van der Waals surface area contributed by atoms with Gasteiger partial charge < -0.3 is 5.11 Å². The number of carbonyl (C=O) groups is 1. The molecule has 0 unspecified atom stereocenters. The second-order valence-electron chi connectivity index (χ2n) is 5.44. The van der Waals surface area contributed by atoms with Crippen molar-refractivity contribution < 1.29 is 9.90 Å². The number of hydrogen-bond acceptors (Lipinski definition) is 2. The number of carboxylic acids is 1. The fourth-order valence-electron chi connectivity index (χ4n) is 3.37. The van der Waals surface area contributed by atoms with E-state index in [4.69, 9.17) is 0 Å². The second-order valence-corrected chi connectivity index (χ2v) is 5.44. The van der Waals surface area contributed by atoms with Gasteiger partial charge in [0, 0.05) is 11.6 Å². The van der Waals surface area contributed by atoms with E-state index in [1.807, 2.05) is 0 Å². The smallest absolute Gasteiger partial charge is 0.305 e. The van der Waals surface area contributed by atoms with Crippen LogP contribution in [0.1, 0.15) is 65.2 Å². The minimum atomic E-state index is -0.648. The first-order valence-corrected chi connectivity index (χ1v) is 7.00. The molecule has 0 radical (unpaired) electrons. The molecular formula is C14H27NO2. The monoisotopic (exact) mass is 241 g/mol. The molecule has 100 valence electrons. The van der Waals surface area contributed by atoms with Crippen LogP contribution in [0.4, 0.5) is 0 Å². The molecule has 0 aromatic rings. The molecule has 0 aromatic carbocycles. The lowest BCUT2D eigenvalue weighted by Crippen LogP contribution is -2.53. The maximum Gasteiger partial charge on any atom is 0.305 e. The molecule has 1 aliphatic carbocycles. The minimum Gasteiger partial charge on any atom is -0.481 e. The summed E-state index contributed by atoms with van der Waals surface area (Å²) in [6.45, 7) is 4.39. The summed E-state index contributed by atoms with van der Waals surface area (Å²) in [6, 6.07) is 0.521. The summed E-state index contributed by atoms with van der Waals surface area (Å²) in [7, 11) is 2.13. The summed E-state index contributed by atoms with van der Waals surface area (Å²) in [4.78, 5) is 13.5. The Hall–Kier alpha value is -0.570. The molecule has 3 heteroatoms. The Kier molecular flexibility index (Phi) is 5.44. The van der Waals surface area contributed by atoms with Crippen molar-refractivity contribution in [1.82, 2.24) is 4.90 Å². The molecule has 0 aliphatic heterocycles. The van der Waals surface area contributed by atoms with Gasteiger partial charge in [-0.1, -0.05) is 33.1 Å². The number of carboxylic acid groups (broad SMARTS) is 1. The predicted octanol–water partition coefficient (Wildman–Crippen LogP) is 3.28. The Morgan fingerprint density at radius 2 is 1.76 bits per heavy atom. The molecule has 0 atom stereocenters. The van der Waals surface area contributed by atoms with E-state index in [0.717, 1.165) is 25.7 Å². The molecule has 1 saturated carbocycles. The van der Waals surface area contributed by atoms with Crippen molar-refractivity contribution in [2.75, 3.05) is 7.05 Å². The number of nitrogens with zero attached hydrogens (tertiary/aromatic N) is 1. The lowest BCUT2D eigenvalue weighted by Gasteiger charge is -2.47. The third-order valence-corrected chi connectivity index (χ3v) is 4.50. The van der Waals surface area contributed by atoms with E-state index < -0.39 is 5.97 Å². The van der Waals surface area contributed by atoms with Crippen molar-refractivity contribution in [2.45, 2.75) is 76.8 Å². The van der Waals surface area contributed by atoms with E-state index >= 15 is 0 Å². The molecular weight excluding hydrogens is 214 g/mol. The van der Waals surface area contributed by atoms with Crippen molar-refractivity contribution in [3.63, 3.8) is 0 Å². The van der Waals surface area contributed by atoms with E-state index in [-0.39, 0.29) is 5.54 Å². The molecule has 1 N–H and O–H groups in total. The van der Waals surface area contributed by atoms with Crippen LogP contribution >= 0.6 is 0 Å². The van der Waals surface area contributed by atoms with Gasteiger partial charge in [-0.25, -0.2) is 0 Å². The van der Waals surface area contributed by atoms with E-state index in [2.05, 4.69) is 25.8 Å². The number of rotatable bonds is 6. The first kappa shape index (κ1) is 14.5. The molecule has 17 heavy (non-hydrogen) atoms. The lowest BCUT2D eigenvalue weighted by atomic mass is 9.77. The largest absolute Gasteiger partial charge is 0.481 e. The highest BCUT2D eigenvalue weighted by Gasteiger charge is 2.39. The zero-order valence-electron chi connectivity index (χ0n) is 11.5. The molecule has 0 bridgehead atoms. The van der Waals surface area contributed by atoms with Crippen LogP contribution in [0.15, 0.2) is 0 Å². The Balaban J connectivity index is 2.83. The molecule has 0 saturated heterocycles. The van der Waals surface area contributed by atoms with Gasteiger partial charge in [-0.2, -0.15) is 0 Å². The Morgan fingerprint density at radius 3 is 2.18 bits per heavy atom. The van der Waals surface area contributed by atoms with E-state index in [1.165, 1.54) is 19.3 Å². The molecule has 1 fully saturated rings. The molecule has 1 rings (SSSR count). The fourth-order valence-corrected chi connectivity index (χ4v) is 3.37.